The lowest BCUT2D eigenvalue weighted by atomic mass is 9.91. The van der Waals surface area contributed by atoms with E-state index in [1.165, 1.54) is 0 Å². The summed E-state index contributed by atoms with van der Waals surface area (Å²) >= 11 is 5.88. The third-order valence-electron chi connectivity index (χ3n) is 4.81. The molecule has 0 bridgehead atoms. The number of nitrogens with zero attached hydrogens (tertiary/aromatic N) is 2. The Balaban J connectivity index is 0.000000345. The van der Waals surface area contributed by atoms with Crippen LogP contribution in [0.25, 0.3) is 0 Å². The van der Waals surface area contributed by atoms with E-state index < -0.39 is 12.1 Å². The zero-order valence-electron chi connectivity index (χ0n) is 15.7. The number of alkyl halides is 3. The Morgan fingerprint density at radius 1 is 1.18 bits per heavy atom. The van der Waals surface area contributed by atoms with Crippen molar-refractivity contribution >= 4 is 23.5 Å². The summed E-state index contributed by atoms with van der Waals surface area (Å²) in [6.45, 7) is 8.67. The molecule has 3 rings (SSSR count). The summed E-state index contributed by atoms with van der Waals surface area (Å²) in [6.07, 6.45) is -4.60. The minimum absolute atomic E-state index is 0.246. The summed E-state index contributed by atoms with van der Waals surface area (Å²) in [6, 6.07) is 8.18. The molecule has 2 aliphatic rings. The number of halogens is 4. The number of carbonyl (C=O) groups excluding carboxylic acids is 1. The minimum atomic E-state index is -5.08. The second-order valence-electron chi connectivity index (χ2n) is 7.58. The molecule has 2 fully saturated rings. The van der Waals surface area contributed by atoms with Gasteiger partial charge in [0.1, 0.15) is 0 Å². The van der Waals surface area contributed by atoms with Crippen molar-refractivity contribution in [3.63, 3.8) is 0 Å². The Kier molecular flexibility index (Phi) is 7.33. The summed E-state index contributed by atoms with van der Waals surface area (Å²) in [4.78, 5) is 25.9. The quantitative estimate of drug-likeness (QED) is 0.811. The summed E-state index contributed by atoms with van der Waals surface area (Å²) in [5, 5.41) is 7.84. The molecule has 2 atom stereocenters. The lowest BCUT2D eigenvalue weighted by Gasteiger charge is -2.44. The minimum Gasteiger partial charge on any atom is -0.475 e. The Morgan fingerprint density at radius 2 is 1.75 bits per heavy atom. The summed E-state index contributed by atoms with van der Waals surface area (Å²) in [7, 11) is 0. The normalized spacial score (nSPS) is 21.6. The van der Waals surface area contributed by atoms with E-state index in [1.54, 1.807) is 0 Å². The fraction of sp³-hybridized carbons (Fsp3) is 0.579. The van der Waals surface area contributed by atoms with Crippen LogP contribution in [-0.2, 0) is 16.0 Å². The number of carboxylic acid groups (broad SMARTS) is 1. The highest BCUT2D eigenvalue weighted by Crippen LogP contribution is 2.33. The number of rotatable bonds is 4. The summed E-state index contributed by atoms with van der Waals surface area (Å²) in [5.41, 5.74) is 1.04. The van der Waals surface area contributed by atoms with Crippen LogP contribution in [0, 0.1) is 11.8 Å². The molecule has 28 heavy (non-hydrogen) atoms. The van der Waals surface area contributed by atoms with Crippen molar-refractivity contribution in [2.45, 2.75) is 32.5 Å². The van der Waals surface area contributed by atoms with Gasteiger partial charge in [0.15, 0.2) is 0 Å². The first-order valence-electron chi connectivity index (χ1n) is 9.03. The number of hydrogen-bond donors (Lipinski definition) is 1. The Labute approximate surface area is 167 Å². The lowest BCUT2D eigenvalue weighted by molar-refractivity contribution is -0.192. The number of hydrogen-bond acceptors (Lipinski definition) is 3. The first kappa shape index (κ1) is 22.5. The van der Waals surface area contributed by atoms with Gasteiger partial charge in [0.25, 0.3) is 0 Å². The monoisotopic (exact) mass is 420 g/mol. The molecule has 1 aromatic rings. The number of benzene rings is 1. The van der Waals surface area contributed by atoms with E-state index in [0.29, 0.717) is 24.3 Å². The van der Waals surface area contributed by atoms with E-state index >= 15 is 0 Å². The predicted octanol–water partition coefficient (Wildman–Crippen LogP) is 3.31. The molecular formula is C19H24ClF3N2O3. The largest absolute Gasteiger partial charge is 0.490 e. The summed E-state index contributed by atoms with van der Waals surface area (Å²) < 4.78 is 31.7. The van der Waals surface area contributed by atoms with Crippen LogP contribution in [0.3, 0.4) is 0 Å². The SMILES string of the molecule is CC(C)CN1CC2CN(C(=O)Cc3ccc(Cl)cc3)CC21.O=C(O)C(F)(F)F. The molecule has 1 aromatic carbocycles. The molecule has 2 aliphatic heterocycles. The van der Waals surface area contributed by atoms with Gasteiger partial charge >= 0.3 is 12.1 Å². The van der Waals surface area contributed by atoms with Crippen molar-refractivity contribution in [3.8, 4) is 0 Å². The number of fused-ring (bicyclic) bond motifs is 1. The highest BCUT2D eigenvalue weighted by atomic mass is 35.5. The van der Waals surface area contributed by atoms with Gasteiger partial charge < -0.3 is 10.0 Å². The Hall–Kier alpha value is -1.80. The highest BCUT2D eigenvalue weighted by molar-refractivity contribution is 6.30. The molecule has 0 aliphatic carbocycles. The van der Waals surface area contributed by atoms with Crippen molar-refractivity contribution < 1.29 is 27.9 Å². The molecule has 2 heterocycles. The van der Waals surface area contributed by atoms with Gasteiger partial charge in [-0.3, -0.25) is 9.69 Å². The molecule has 2 unspecified atom stereocenters. The third-order valence-corrected chi connectivity index (χ3v) is 5.06. The molecule has 9 heteroatoms. The van der Waals surface area contributed by atoms with E-state index in [2.05, 4.69) is 18.7 Å². The van der Waals surface area contributed by atoms with Crippen molar-refractivity contribution in [1.29, 1.82) is 0 Å². The van der Waals surface area contributed by atoms with Gasteiger partial charge in [-0.1, -0.05) is 37.6 Å². The summed E-state index contributed by atoms with van der Waals surface area (Å²) in [5.74, 6) is -1.12. The van der Waals surface area contributed by atoms with E-state index in [4.69, 9.17) is 21.5 Å². The van der Waals surface area contributed by atoms with Crippen LogP contribution in [0.4, 0.5) is 13.2 Å². The van der Waals surface area contributed by atoms with Gasteiger partial charge in [-0.2, -0.15) is 13.2 Å². The van der Waals surface area contributed by atoms with E-state index in [1.807, 2.05) is 29.2 Å². The van der Waals surface area contributed by atoms with Crippen LogP contribution < -0.4 is 0 Å². The molecule has 1 amide bonds. The second kappa shape index (κ2) is 9.13. The maximum absolute atomic E-state index is 12.4. The molecule has 5 nitrogen and oxygen atoms in total. The highest BCUT2D eigenvalue weighted by Gasteiger charge is 2.46. The molecule has 1 N–H and O–H groups in total. The van der Waals surface area contributed by atoms with Crippen molar-refractivity contribution in [3.05, 3.63) is 34.9 Å². The van der Waals surface area contributed by atoms with Gasteiger partial charge in [-0.25, -0.2) is 4.79 Å². The standard InChI is InChI=1S/C17H23ClN2O.C2HF3O2/c1-12(2)8-19-9-14-10-20(11-16(14)19)17(21)7-13-3-5-15(18)6-4-13;3-2(4,5)1(6)7/h3-6,12,14,16H,7-11H2,1-2H3;(H,6,7). The predicted molar refractivity (Wildman–Crippen MR) is 99.1 cm³/mol. The average molecular weight is 421 g/mol. The topological polar surface area (TPSA) is 60.9 Å². The van der Waals surface area contributed by atoms with E-state index in [9.17, 15) is 18.0 Å². The Bertz CT molecular complexity index is 695. The first-order chi connectivity index (χ1) is 13.0. The number of carboxylic acids is 1. The molecule has 0 spiro atoms. The maximum atomic E-state index is 12.4. The van der Waals surface area contributed by atoms with Crippen LogP contribution in [0.1, 0.15) is 19.4 Å². The molecule has 0 aromatic heterocycles. The first-order valence-corrected chi connectivity index (χ1v) is 9.41. The van der Waals surface area contributed by atoms with Gasteiger partial charge in [0.2, 0.25) is 5.91 Å². The maximum Gasteiger partial charge on any atom is 0.490 e. The smallest absolute Gasteiger partial charge is 0.475 e. The average Bonchev–Trinajstić information content (AvgIpc) is 2.92. The zero-order chi connectivity index (χ0) is 21.1. The van der Waals surface area contributed by atoms with Crippen LogP contribution in [0.5, 0.6) is 0 Å². The molecule has 0 radical (unpaired) electrons. The fourth-order valence-electron chi connectivity index (χ4n) is 3.52. The lowest BCUT2D eigenvalue weighted by Crippen LogP contribution is -2.56. The van der Waals surface area contributed by atoms with E-state index in [-0.39, 0.29) is 5.91 Å². The number of amides is 1. The zero-order valence-corrected chi connectivity index (χ0v) is 16.5. The fourth-order valence-corrected chi connectivity index (χ4v) is 3.64. The van der Waals surface area contributed by atoms with E-state index in [0.717, 1.165) is 36.8 Å². The van der Waals surface area contributed by atoms with Crippen LogP contribution in [-0.4, -0.2) is 65.2 Å². The van der Waals surface area contributed by atoms with Crippen LogP contribution in [0.15, 0.2) is 24.3 Å². The number of carbonyl (C=O) groups is 2. The van der Waals surface area contributed by atoms with Gasteiger partial charge in [-0.15, -0.1) is 0 Å². The van der Waals surface area contributed by atoms with Gasteiger partial charge in [-0.05, 0) is 23.6 Å². The van der Waals surface area contributed by atoms with Crippen molar-refractivity contribution in [1.82, 2.24) is 9.80 Å². The molecule has 2 saturated heterocycles. The van der Waals surface area contributed by atoms with Gasteiger partial charge in [0.05, 0.1) is 6.42 Å². The third kappa shape index (κ3) is 6.10. The molecule has 156 valence electrons. The molecule has 0 saturated carbocycles. The molecular weight excluding hydrogens is 397 g/mol. The van der Waals surface area contributed by atoms with Crippen molar-refractivity contribution in [2.24, 2.45) is 11.8 Å². The van der Waals surface area contributed by atoms with Crippen LogP contribution >= 0.6 is 11.6 Å². The van der Waals surface area contributed by atoms with Crippen LogP contribution in [0.2, 0.25) is 5.02 Å². The van der Waals surface area contributed by atoms with Crippen molar-refractivity contribution in [2.75, 3.05) is 26.2 Å². The van der Waals surface area contributed by atoms with Gasteiger partial charge in [0, 0.05) is 43.2 Å². The second-order valence-corrected chi connectivity index (χ2v) is 8.02. The Morgan fingerprint density at radius 3 is 2.25 bits per heavy atom. The number of aliphatic carboxylic acids is 1. The number of likely N-dealkylation sites (tertiary alicyclic amines) is 2.